The highest BCUT2D eigenvalue weighted by atomic mass is 35.5. The molecule has 0 N–H and O–H groups in total. The Kier molecular flexibility index (Phi) is 5.43. The van der Waals surface area contributed by atoms with Gasteiger partial charge in [-0.25, -0.2) is 0 Å². The van der Waals surface area contributed by atoms with Crippen molar-refractivity contribution in [2.75, 3.05) is 27.3 Å². The van der Waals surface area contributed by atoms with Crippen molar-refractivity contribution in [3.63, 3.8) is 0 Å². The summed E-state index contributed by atoms with van der Waals surface area (Å²) in [6.45, 7) is 3.09. The fourth-order valence-corrected chi connectivity index (χ4v) is 2.37. The molecule has 1 fully saturated rings. The summed E-state index contributed by atoms with van der Waals surface area (Å²) in [6, 6.07) is 6.06. The van der Waals surface area contributed by atoms with Crippen molar-refractivity contribution in [2.24, 2.45) is 0 Å². The van der Waals surface area contributed by atoms with Gasteiger partial charge in [0.15, 0.2) is 11.5 Å². The van der Waals surface area contributed by atoms with Gasteiger partial charge in [0.1, 0.15) is 0 Å². The lowest BCUT2D eigenvalue weighted by atomic mass is 10.1. The first-order chi connectivity index (χ1) is 7.72. The predicted molar refractivity (Wildman–Crippen MR) is 74.8 cm³/mol. The quantitative estimate of drug-likeness (QED) is 0.852. The Morgan fingerprint density at radius 1 is 1.24 bits per heavy atom. The zero-order valence-electron chi connectivity index (χ0n) is 10.0. The van der Waals surface area contributed by atoms with Crippen molar-refractivity contribution in [3.8, 4) is 11.5 Å². The fraction of sp³-hybridized carbons (Fsp3) is 0.500. The molecule has 5 heteroatoms. The SMILES string of the molecule is COc1ccc(CN2CC(S)C2)cc1OC.Cl. The monoisotopic (exact) mass is 275 g/mol. The Labute approximate surface area is 114 Å². The fourth-order valence-electron chi connectivity index (χ4n) is 1.91. The summed E-state index contributed by atoms with van der Waals surface area (Å²) in [5.74, 6) is 1.57. The first-order valence-corrected chi connectivity index (χ1v) is 5.86. The van der Waals surface area contributed by atoms with Gasteiger partial charge in [0.25, 0.3) is 0 Å². The highest BCUT2D eigenvalue weighted by Gasteiger charge is 2.23. The molecule has 2 rings (SSSR count). The molecule has 0 saturated carbocycles. The van der Waals surface area contributed by atoms with Crippen LogP contribution < -0.4 is 9.47 Å². The molecule has 0 radical (unpaired) electrons. The molecule has 3 nitrogen and oxygen atoms in total. The van der Waals surface area contributed by atoms with Crippen LogP contribution in [0.15, 0.2) is 18.2 Å². The van der Waals surface area contributed by atoms with E-state index in [2.05, 4.69) is 23.6 Å². The van der Waals surface area contributed by atoms with E-state index in [0.717, 1.165) is 31.1 Å². The Hall–Kier alpha value is -0.580. The van der Waals surface area contributed by atoms with Crippen LogP contribution in [0.1, 0.15) is 5.56 Å². The van der Waals surface area contributed by atoms with Crippen molar-refractivity contribution in [2.45, 2.75) is 11.8 Å². The molecule has 0 atom stereocenters. The smallest absolute Gasteiger partial charge is 0.161 e. The molecule has 0 aliphatic carbocycles. The topological polar surface area (TPSA) is 21.7 Å². The lowest BCUT2D eigenvalue weighted by Crippen LogP contribution is -2.46. The molecule has 0 amide bonds. The van der Waals surface area contributed by atoms with E-state index < -0.39 is 0 Å². The maximum Gasteiger partial charge on any atom is 0.161 e. The van der Waals surface area contributed by atoms with Crippen molar-refractivity contribution in [1.82, 2.24) is 4.90 Å². The van der Waals surface area contributed by atoms with Crippen LogP contribution in [0.5, 0.6) is 11.5 Å². The molecule has 1 aliphatic heterocycles. The van der Waals surface area contributed by atoms with Crippen molar-refractivity contribution in [3.05, 3.63) is 23.8 Å². The van der Waals surface area contributed by atoms with Gasteiger partial charge in [0.05, 0.1) is 14.2 Å². The summed E-state index contributed by atoms with van der Waals surface area (Å²) in [6.07, 6.45) is 0. The van der Waals surface area contributed by atoms with Gasteiger partial charge in [0, 0.05) is 24.9 Å². The minimum absolute atomic E-state index is 0. The second kappa shape index (κ2) is 6.38. The third kappa shape index (κ3) is 3.44. The second-order valence-electron chi connectivity index (χ2n) is 4.04. The summed E-state index contributed by atoms with van der Waals surface area (Å²) in [7, 11) is 3.31. The molecule has 0 unspecified atom stereocenters. The minimum Gasteiger partial charge on any atom is -0.493 e. The van der Waals surface area contributed by atoms with Gasteiger partial charge in [-0.05, 0) is 17.7 Å². The van der Waals surface area contributed by atoms with Crippen molar-refractivity contribution in [1.29, 1.82) is 0 Å². The summed E-state index contributed by atoms with van der Waals surface area (Å²) in [4.78, 5) is 2.36. The Bertz CT molecular complexity index is 370. The normalized spacial score (nSPS) is 15.9. The van der Waals surface area contributed by atoms with Gasteiger partial charge in [-0.15, -0.1) is 12.4 Å². The number of likely N-dealkylation sites (tertiary alicyclic amines) is 1. The molecule has 1 aromatic rings. The average Bonchev–Trinajstić information content (AvgIpc) is 2.27. The van der Waals surface area contributed by atoms with Crippen LogP contribution in [-0.4, -0.2) is 37.5 Å². The number of benzene rings is 1. The van der Waals surface area contributed by atoms with E-state index in [4.69, 9.17) is 9.47 Å². The highest BCUT2D eigenvalue weighted by molar-refractivity contribution is 7.81. The van der Waals surface area contributed by atoms with E-state index in [1.54, 1.807) is 14.2 Å². The third-order valence-electron chi connectivity index (χ3n) is 2.79. The number of halogens is 1. The number of nitrogens with zero attached hydrogens (tertiary/aromatic N) is 1. The third-order valence-corrected chi connectivity index (χ3v) is 3.12. The van der Waals surface area contributed by atoms with E-state index in [0.29, 0.717) is 5.25 Å². The lowest BCUT2D eigenvalue weighted by molar-refractivity contribution is 0.182. The summed E-state index contributed by atoms with van der Waals surface area (Å²) in [5.41, 5.74) is 1.25. The van der Waals surface area contributed by atoms with Crippen LogP contribution in [0.2, 0.25) is 0 Å². The second-order valence-corrected chi connectivity index (χ2v) is 4.77. The van der Waals surface area contributed by atoms with Gasteiger partial charge >= 0.3 is 0 Å². The van der Waals surface area contributed by atoms with E-state index in [9.17, 15) is 0 Å². The van der Waals surface area contributed by atoms with Crippen LogP contribution in [0, 0.1) is 0 Å². The van der Waals surface area contributed by atoms with Crippen LogP contribution >= 0.6 is 25.0 Å². The maximum absolute atomic E-state index is 5.27. The molecule has 17 heavy (non-hydrogen) atoms. The average molecular weight is 276 g/mol. The largest absolute Gasteiger partial charge is 0.493 e. The first kappa shape index (κ1) is 14.5. The van der Waals surface area contributed by atoms with Crippen molar-refractivity contribution < 1.29 is 9.47 Å². The van der Waals surface area contributed by atoms with Gasteiger partial charge in [-0.1, -0.05) is 6.07 Å². The van der Waals surface area contributed by atoms with Crippen LogP contribution in [0.3, 0.4) is 0 Å². The Balaban J connectivity index is 0.00000144. The number of hydrogen-bond acceptors (Lipinski definition) is 4. The van der Waals surface area contributed by atoms with Gasteiger partial charge in [-0.2, -0.15) is 12.6 Å². The minimum atomic E-state index is 0. The molecular weight excluding hydrogens is 258 g/mol. The molecule has 1 saturated heterocycles. The zero-order valence-corrected chi connectivity index (χ0v) is 11.8. The van der Waals surface area contributed by atoms with E-state index in [1.165, 1.54) is 5.56 Å². The van der Waals surface area contributed by atoms with E-state index in [-0.39, 0.29) is 12.4 Å². The molecular formula is C12H18ClNO2S. The van der Waals surface area contributed by atoms with Gasteiger partial charge in [0.2, 0.25) is 0 Å². The standard InChI is InChI=1S/C12H17NO2S.ClH/c1-14-11-4-3-9(5-12(11)15-2)6-13-7-10(16)8-13;/h3-5,10,16H,6-8H2,1-2H3;1H. The van der Waals surface area contributed by atoms with Crippen LogP contribution in [0.4, 0.5) is 0 Å². The number of methoxy groups -OCH3 is 2. The molecule has 1 aliphatic rings. The number of hydrogen-bond donors (Lipinski definition) is 1. The summed E-state index contributed by atoms with van der Waals surface area (Å²) < 4.78 is 10.5. The molecule has 0 bridgehead atoms. The molecule has 0 spiro atoms. The van der Waals surface area contributed by atoms with Crippen LogP contribution in [0.25, 0.3) is 0 Å². The number of rotatable bonds is 4. The maximum atomic E-state index is 5.27. The summed E-state index contributed by atoms with van der Waals surface area (Å²) in [5, 5.41) is 0.542. The molecule has 1 heterocycles. The van der Waals surface area contributed by atoms with E-state index >= 15 is 0 Å². The van der Waals surface area contributed by atoms with Gasteiger partial charge < -0.3 is 9.47 Å². The number of ether oxygens (including phenoxy) is 2. The molecule has 1 aromatic carbocycles. The highest BCUT2D eigenvalue weighted by Crippen LogP contribution is 2.28. The number of thiol groups is 1. The Morgan fingerprint density at radius 2 is 1.88 bits per heavy atom. The first-order valence-electron chi connectivity index (χ1n) is 5.34. The lowest BCUT2D eigenvalue weighted by Gasteiger charge is -2.36. The predicted octanol–water partition coefficient (Wildman–Crippen LogP) is 2.24. The zero-order chi connectivity index (χ0) is 11.5. The summed E-state index contributed by atoms with van der Waals surface area (Å²) >= 11 is 4.39. The van der Waals surface area contributed by atoms with Crippen molar-refractivity contribution >= 4 is 25.0 Å². The molecule has 96 valence electrons. The van der Waals surface area contributed by atoms with Crippen LogP contribution in [-0.2, 0) is 6.54 Å². The molecule has 0 aromatic heterocycles. The Morgan fingerprint density at radius 3 is 2.41 bits per heavy atom. The van der Waals surface area contributed by atoms with E-state index in [1.807, 2.05) is 12.1 Å². The van der Waals surface area contributed by atoms with Gasteiger partial charge in [-0.3, -0.25) is 4.90 Å².